The van der Waals surface area contributed by atoms with Gasteiger partial charge in [0.15, 0.2) is 0 Å². The smallest absolute Gasteiger partial charge is 0.0483 e. The second-order valence-electron chi connectivity index (χ2n) is 4.95. The minimum absolute atomic E-state index is 0. The summed E-state index contributed by atoms with van der Waals surface area (Å²) in [6.07, 6.45) is 5.34. The van der Waals surface area contributed by atoms with Crippen molar-refractivity contribution in [3.8, 4) is 0 Å². The molecule has 0 radical (unpaired) electrons. The fourth-order valence-electron chi connectivity index (χ4n) is 3.31. The molecule has 3 aliphatic heterocycles. The number of rotatable bonds is 1. The van der Waals surface area contributed by atoms with Crippen LogP contribution in [0.15, 0.2) is 0 Å². The van der Waals surface area contributed by atoms with Crippen molar-refractivity contribution < 1.29 is 4.74 Å². The molecule has 0 atom stereocenters. The largest absolute Gasteiger partial charge is 0.381 e. The molecular weight excluding hydrogens is 212 g/mol. The Bertz CT molecular complexity index is 215. The van der Waals surface area contributed by atoms with Crippen LogP contribution in [0.3, 0.4) is 0 Å². The van der Waals surface area contributed by atoms with E-state index in [-0.39, 0.29) is 12.4 Å². The molecule has 0 aromatic heterocycles. The molecule has 3 saturated heterocycles. The SMILES string of the molecule is C1CN(C2CNC2)C2(C1)CCOCC2.Cl. The van der Waals surface area contributed by atoms with Crippen LogP contribution in [0.25, 0.3) is 0 Å². The predicted octanol–water partition coefficient (Wildman–Crippen LogP) is 1.02. The highest BCUT2D eigenvalue weighted by Gasteiger charge is 2.45. The molecule has 1 spiro atoms. The second-order valence-corrected chi connectivity index (χ2v) is 4.95. The zero-order valence-electron chi connectivity index (χ0n) is 9.21. The summed E-state index contributed by atoms with van der Waals surface area (Å²) in [6, 6.07) is 0.829. The summed E-state index contributed by atoms with van der Waals surface area (Å²) < 4.78 is 5.49. The zero-order valence-corrected chi connectivity index (χ0v) is 10.0. The van der Waals surface area contributed by atoms with Crippen molar-refractivity contribution in [3.05, 3.63) is 0 Å². The number of halogens is 1. The zero-order chi connectivity index (χ0) is 9.43. The lowest BCUT2D eigenvalue weighted by molar-refractivity contribution is -0.0343. The van der Waals surface area contributed by atoms with Crippen LogP contribution in [0.2, 0.25) is 0 Å². The van der Waals surface area contributed by atoms with Crippen LogP contribution in [-0.4, -0.2) is 49.3 Å². The summed E-state index contributed by atoms with van der Waals surface area (Å²) in [4.78, 5) is 2.78. The third-order valence-corrected chi connectivity index (χ3v) is 4.27. The minimum Gasteiger partial charge on any atom is -0.381 e. The lowest BCUT2D eigenvalue weighted by Gasteiger charge is -2.48. The molecule has 0 saturated carbocycles. The molecule has 3 fully saturated rings. The summed E-state index contributed by atoms with van der Waals surface area (Å²) >= 11 is 0. The van der Waals surface area contributed by atoms with E-state index < -0.39 is 0 Å². The van der Waals surface area contributed by atoms with E-state index in [1.807, 2.05) is 0 Å². The van der Waals surface area contributed by atoms with Crippen molar-refractivity contribution >= 4 is 12.4 Å². The van der Waals surface area contributed by atoms with Gasteiger partial charge in [0, 0.05) is 37.9 Å². The van der Waals surface area contributed by atoms with E-state index in [0.717, 1.165) is 19.3 Å². The molecule has 0 aliphatic carbocycles. The topological polar surface area (TPSA) is 24.5 Å². The molecule has 3 rings (SSSR count). The Labute approximate surface area is 97.9 Å². The van der Waals surface area contributed by atoms with Crippen molar-refractivity contribution in [2.24, 2.45) is 0 Å². The van der Waals surface area contributed by atoms with Crippen LogP contribution in [0.4, 0.5) is 0 Å². The maximum Gasteiger partial charge on any atom is 0.0483 e. The average Bonchev–Trinajstić information content (AvgIpc) is 2.49. The van der Waals surface area contributed by atoms with E-state index in [0.29, 0.717) is 5.54 Å². The van der Waals surface area contributed by atoms with E-state index in [4.69, 9.17) is 4.74 Å². The van der Waals surface area contributed by atoms with Gasteiger partial charge < -0.3 is 10.1 Å². The molecule has 1 N–H and O–H groups in total. The normalized spacial score (nSPS) is 31.2. The molecule has 0 amide bonds. The highest BCUT2D eigenvalue weighted by atomic mass is 35.5. The number of hydrogen-bond acceptors (Lipinski definition) is 3. The van der Waals surface area contributed by atoms with Crippen molar-refractivity contribution in [3.63, 3.8) is 0 Å². The quantitative estimate of drug-likeness (QED) is 0.731. The standard InChI is InChI=1S/C11H20N2O.ClH/c1-2-11(3-6-14-7-4-11)13(5-1)10-8-12-9-10;/h10,12H,1-9H2;1H. The first-order valence-corrected chi connectivity index (χ1v) is 5.96. The summed E-state index contributed by atoms with van der Waals surface area (Å²) in [7, 11) is 0. The van der Waals surface area contributed by atoms with E-state index in [1.165, 1.54) is 45.3 Å². The molecule has 0 aromatic carbocycles. The van der Waals surface area contributed by atoms with Gasteiger partial charge in [-0.15, -0.1) is 12.4 Å². The van der Waals surface area contributed by atoms with E-state index in [9.17, 15) is 0 Å². The Kier molecular flexibility index (Phi) is 3.56. The monoisotopic (exact) mass is 232 g/mol. The molecule has 88 valence electrons. The van der Waals surface area contributed by atoms with Gasteiger partial charge in [0.05, 0.1) is 0 Å². The fraction of sp³-hybridized carbons (Fsp3) is 1.00. The Hall–Kier alpha value is 0.170. The van der Waals surface area contributed by atoms with Crippen LogP contribution in [0.5, 0.6) is 0 Å². The second kappa shape index (κ2) is 4.58. The minimum atomic E-state index is 0. The highest BCUT2D eigenvalue weighted by molar-refractivity contribution is 5.85. The van der Waals surface area contributed by atoms with Gasteiger partial charge in [0.25, 0.3) is 0 Å². The number of nitrogens with zero attached hydrogens (tertiary/aromatic N) is 1. The van der Waals surface area contributed by atoms with Gasteiger partial charge in [-0.3, -0.25) is 4.90 Å². The lowest BCUT2D eigenvalue weighted by Crippen LogP contribution is -2.63. The van der Waals surface area contributed by atoms with Gasteiger partial charge in [0.2, 0.25) is 0 Å². The fourth-order valence-corrected chi connectivity index (χ4v) is 3.31. The third-order valence-electron chi connectivity index (χ3n) is 4.27. The maximum absolute atomic E-state index is 5.49. The van der Waals surface area contributed by atoms with Gasteiger partial charge in [0.1, 0.15) is 0 Å². The van der Waals surface area contributed by atoms with E-state index in [2.05, 4.69) is 10.2 Å². The lowest BCUT2D eigenvalue weighted by atomic mass is 9.86. The third kappa shape index (κ3) is 1.91. The molecule has 4 heteroatoms. The summed E-state index contributed by atoms with van der Waals surface area (Å²) in [5, 5.41) is 3.39. The Morgan fingerprint density at radius 1 is 1.13 bits per heavy atom. The molecule has 3 nitrogen and oxygen atoms in total. The Morgan fingerprint density at radius 3 is 2.47 bits per heavy atom. The number of likely N-dealkylation sites (tertiary alicyclic amines) is 1. The number of hydrogen-bond donors (Lipinski definition) is 1. The maximum atomic E-state index is 5.49. The van der Waals surface area contributed by atoms with Crippen LogP contribution in [-0.2, 0) is 4.74 Å². The van der Waals surface area contributed by atoms with Crippen LogP contribution >= 0.6 is 12.4 Å². The van der Waals surface area contributed by atoms with Crippen molar-refractivity contribution in [1.29, 1.82) is 0 Å². The average molecular weight is 233 g/mol. The number of ether oxygens (including phenoxy) is 1. The molecule has 3 aliphatic rings. The van der Waals surface area contributed by atoms with Gasteiger partial charge in [-0.1, -0.05) is 0 Å². The van der Waals surface area contributed by atoms with Gasteiger partial charge in [-0.25, -0.2) is 0 Å². The molecular formula is C11H21ClN2O. The van der Waals surface area contributed by atoms with E-state index in [1.54, 1.807) is 0 Å². The molecule has 15 heavy (non-hydrogen) atoms. The Balaban J connectivity index is 0.000000853. The van der Waals surface area contributed by atoms with Crippen LogP contribution in [0, 0.1) is 0 Å². The van der Waals surface area contributed by atoms with Crippen molar-refractivity contribution in [2.75, 3.05) is 32.8 Å². The first-order chi connectivity index (χ1) is 6.91. The highest BCUT2D eigenvalue weighted by Crippen LogP contribution is 2.39. The van der Waals surface area contributed by atoms with Crippen LogP contribution < -0.4 is 5.32 Å². The van der Waals surface area contributed by atoms with Crippen LogP contribution in [0.1, 0.15) is 25.7 Å². The van der Waals surface area contributed by atoms with Gasteiger partial charge in [-0.2, -0.15) is 0 Å². The summed E-state index contributed by atoms with van der Waals surface area (Å²) in [6.45, 7) is 5.71. The number of nitrogens with one attached hydrogen (secondary N) is 1. The summed E-state index contributed by atoms with van der Waals surface area (Å²) in [5.41, 5.74) is 0.533. The molecule has 0 aromatic rings. The van der Waals surface area contributed by atoms with Gasteiger partial charge >= 0.3 is 0 Å². The predicted molar refractivity (Wildman–Crippen MR) is 62.6 cm³/mol. The van der Waals surface area contributed by atoms with Gasteiger partial charge in [-0.05, 0) is 32.2 Å². The molecule has 3 heterocycles. The van der Waals surface area contributed by atoms with Crippen molar-refractivity contribution in [1.82, 2.24) is 10.2 Å². The first-order valence-electron chi connectivity index (χ1n) is 5.96. The molecule has 0 bridgehead atoms. The molecule has 0 unspecified atom stereocenters. The summed E-state index contributed by atoms with van der Waals surface area (Å²) in [5.74, 6) is 0. The van der Waals surface area contributed by atoms with Crippen molar-refractivity contribution in [2.45, 2.75) is 37.3 Å². The first kappa shape index (κ1) is 11.6. The van der Waals surface area contributed by atoms with E-state index >= 15 is 0 Å². The Morgan fingerprint density at radius 2 is 1.87 bits per heavy atom.